The largest absolute Gasteiger partial charge is 0.481 e. The molecule has 0 aromatic carbocycles. The average Bonchev–Trinajstić information content (AvgIpc) is 3.33. The third kappa shape index (κ3) is 25.8. The third-order valence-electron chi connectivity index (χ3n) is 12.5. The van der Waals surface area contributed by atoms with Crippen molar-refractivity contribution in [1.29, 1.82) is 0 Å². The molecule has 1 saturated heterocycles. The van der Waals surface area contributed by atoms with E-state index >= 15 is 0 Å². The molecular weight excluding hydrogens is 993 g/mol. The topological polar surface area (TPSA) is 326 Å². The van der Waals surface area contributed by atoms with E-state index in [1.807, 2.05) is 6.92 Å². The number of anilines is 1. The van der Waals surface area contributed by atoms with Crippen molar-refractivity contribution >= 4 is 33.4 Å². The fourth-order valence-electron chi connectivity index (χ4n) is 8.28. The molecule has 2 bridgehead atoms. The lowest BCUT2D eigenvalue weighted by atomic mass is 9.82. The van der Waals surface area contributed by atoms with Crippen molar-refractivity contribution < 1.29 is 81.6 Å². The Morgan fingerprint density at radius 1 is 0.877 bits per heavy atom. The third-order valence-corrected chi connectivity index (χ3v) is 15.1. The number of phosphoric acid groups is 2. The second kappa shape index (κ2) is 35.0. The molecule has 0 spiro atoms. The van der Waals surface area contributed by atoms with Gasteiger partial charge in [-0.15, -0.1) is 0 Å². The van der Waals surface area contributed by atoms with Gasteiger partial charge in [-0.05, 0) is 63.9 Å². The number of nitrogens with zero attached hydrogens (tertiary/aromatic N) is 2. The number of carbonyl (C=O) groups is 2. The van der Waals surface area contributed by atoms with Crippen molar-refractivity contribution in [2.75, 3.05) is 25.6 Å². The second-order valence-corrected chi connectivity index (χ2v) is 21.7. The number of rotatable bonds is 23. The van der Waals surface area contributed by atoms with Crippen LogP contribution in [-0.2, 0) is 46.3 Å². The SMILES string of the molecule is CCCCCC/C=C\C=C/CCCCCCCC(=O)OC[C@@H]1COP(=O)(O)OP(=O)(O)OC[C@H]2O[C@@H](n3ccc(N)nc3=O)[C@@H](CC=CCCCC(=O)O1)[C@@H](O)C[C@@H](O)[C@H](/C=C\[C@@H](O)CCCCC)[C@H](O)[C@@H]2O. The molecule has 3 rings (SSSR count). The number of hydrogen-bond donors (Lipinski definition) is 8. The summed E-state index contributed by atoms with van der Waals surface area (Å²) < 4.78 is 58.9. The molecule has 12 atom stereocenters. The number of fused-ring (bicyclic) bond motifs is 3. The van der Waals surface area contributed by atoms with Crippen LogP contribution < -0.4 is 11.4 Å². The van der Waals surface area contributed by atoms with Crippen molar-refractivity contribution in [3.8, 4) is 0 Å². The van der Waals surface area contributed by atoms with E-state index in [1.165, 1.54) is 50.1 Å². The molecule has 1 fully saturated rings. The number of carbonyl (C=O) groups excluding carboxylic acids is 2. The summed E-state index contributed by atoms with van der Waals surface area (Å²) in [6.45, 7) is 1.46. The quantitative estimate of drug-likeness (QED) is 0.0181. The van der Waals surface area contributed by atoms with Gasteiger partial charge in [0.25, 0.3) is 0 Å². The monoisotopic (exact) mass is 1080 g/mol. The summed E-state index contributed by atoms with van der Waals surface area (Å²) in [6, 6.07) is 1.24. The number of esters is 2. The van der Waals surface area contributed by atoms with Gasteiger partial charge in [-0.25, -0.2) is 13.9 Å². The van der Waals surface area contributed by atoms with Crippen LogP contribution in [0.15, 0.2) is 65.7 Å². The van der Waals surface area contributed by atoms with Crippen LogP contribution >= 0.6 is 15.6 Å². The number of phosphoric ester groups is 2. The first-order chi connectivity index (χ1) is 34.9. The molecule has 23 heteroatoms. The fourth-order valence-corrected chi connectivity index (χ4v) is 10.4. The van der Waals surface area contributed by atoms with Gasteiger partial charge in [0.2, 0.25) is 0 Å². The molecule has 9 N–H and O–H groups in total. The van der Waals surface area contributed by atoms with Gasteiger partial charge in [0.15, 0.2) is 6.10 Å². The van der Waals surface area contributed by atoms with E-state index in [1.54, 1.807) is 12.2 Å². The van der Waals surface area contributed by atoms with E-state index in [2.05, 4.69) is 40.5 Å². The van der Waals surface area contributed by atoms with Gasteiger partial charge in [0.05, 0.1) is 37.6 Å². The van der Waals surface area contributed by atoms with Crippen LogP contribution in [0, 0.1) is 11.8 Å². The highest BCUT2D eigenvalue weighted by atomic mass is 31.3. The Labute approximate surface area is 429 Å². The number of hydrogen-bond acceptors (Lipinski definition) is 18. The zero-order valence-electron chi connectivity index (χ0n) is 42.5. The Bertz CT molecular complexity index is 2040. The van der Waals surface area contributed by atoms with Gasteiger partial charge in [0.1, 0.15) is 30.9 Å². The second-order valence-electron chi connectivity index (χ2n) is 18.7. The maximum absolute atomic E-state index is 13.3. The van der Waals surface area contributed by atoms with Crippen LogP contribution in [0.5, 0.6) is 0 Å². The van der Waals surface area contributed by atoms with E-state index < -0.39 is 120 Å². The first kappa shape index (κ1) is 63.9. The van der Waals surface area contributed by atoms with Gasteiger partial charge in [-0.1, -0.05) is 120 Å². The summed E-state index contributed by atoms with van der Waals surface area (Å²) in [7, 11) is -11.3. The van der Waals surface area contributed by atoms with Crippen LogP contribution in [0.1, 0.15) is 155 Å². The van der Waals surface area contributed by atoms with Crippen LogP contribution in [0.2, 0.25) is 0 Å². The molecule has 0 amide bonds. The lowest BCUT2D eigenvalue weighted by Crippen LogP contribution is -2.52. The van der Waals surface area contributed by atoms with E-state index in [4.69, 9.17) is 29.0 Å². The van der Waals surface area contributed by atoms with Gasteiger partial charge in [-0.2, -0.15) is 9.29 Å². The van der Waals surface area contributed by atoms with Crippen molar-refractivity contribution in [3.05, 3.63) is 71.4 Å². The summed E-state index contributed by atoms with van der Waals surface area (Å²) in [4.78, 5) is 64.1. The van der Waals surface area contributed by atoms with Crippen molar-refractivity contribution in [1.82, 2.24) is 9.55 Å². The average molecular weight is 1080 g/mol. The predicted molar refractivity (Wildman–Crippen MR) is 272 cm³/mol. The summed E-state index contributed by atoms with van der Waals surface area (Å²) in [5.74, 6) is -4.16. The molecular formula is C50H83N3O18P2. The minimum atomic E-state index is -5.71. The molecule has 0 saturated carbocycles. The van der Waals surface area contributed by atoms with E-state index in [-0.39, 0.29) is 37.9 Å². The highest BCUT2D eigenvalue weighted by molar-refractivity contribution is 7.61. The van der Waals surface area contributed by atoms with Crippen LogP contribution in [0.4, 0.5) is 5.82 Å². The van der Waals surface area contributed by atoms with Crippen LogP contribution in [0.3, 0.4) is 0 Å². The van der Waals surface area contributed by atoms with Crippen molar-refractivity contribution in [2.24, 2.45) is 11.8 Å². The molecule has 3 heterocycles. The van der Waals surface area contributed by atoms with Gasteiger partial charge < -0.3 is 55.3 Å². The number of aromatic nitrogens is 2. The van der Waals surface area contributed by atoms with Crippen molar-refractivity contribution in [3.63, 3.8) is 0 Å². The van der Waals surface area contributed by atoms with Gasteiger partial charge >= 0.3 is 33.3 Å². The maximum atomic E-state index is 13.3. The number of ether oxygens (including phenoxy) is 3. The zero-order valence-corrected chi connectivity index (χ0v) is 44.3. The van der Waals surface area contributed by atoms with Crippen LogP contribution in [0.25, 0.3) is 0 Å². The summed E-state index contributed by atoms with van der Waals surface area (Å²) in [6.07, 6.45) is 16.2. The molecule has 73 heavy (non-hydrogen) atoms. The summed E-state index contributed by atoms with van der Waals surface area (Å²) in [5.41, 5.74) is 4.77. The fraction of sp³-hybridized carbons (Fsp3) is 0.720. The highest BCUT2D eigenvalue weighted by Gasteiger charge is 2.45. The molecule has 0 aliphatic carbocycles. The molecule has 2 unspecified atom stereocenters. The Kier molecular flexibility index (Phi) is 30.7. The Balaban J connectivity index is 1.79. The lowest BCUT2D eigenvalue weighted by molar-refractivity contribution is -0.194. The maximum Gasteiger partial charge on any atom is 0.481 e. The number of allylic oxidation sites excluding steroid dienone is 6. The standard InChI is InChI=1S/C50H83N3O18P2/c1-3-5-7-8-9-10-11-12-13-14-15-16-17-18-23-27-45(57)66-34-38-35-67-72(62,63)71-73(64,65)68-36-43-48(60)47(59)39(30-29-37(54)25-21-6-4-2)41(55)33-42(56)40(26-22-19-20-24-28-46(58)69-38)49(70-43)53-32-31-44(51)52-50(53)61/h10-13,19,22,29-32,37-43,47-49,54-56,59-60H,3-9,14-18,20-21,23-28,33-36H2,1-2H3,(H,62,63)(H,64,65)(H2,51,52,61)/b11-10-,13-12-,22-19?,30-29-/t37-,38+,39-,40-,41+,42-,43+,47-,48+,49+/m0/s1. The minimum Gasteiger partial charge on any atom is -0.462 e. The number of nitrogen functional groups attached to an aromatic ring is 1. The van der Waals surface area contributed by atoms with Crippen molar-refractivity contribution in [2.45, 2.75) is 198 Å². The minimum absolute atomic E-state index is 0.0618. The molecule has 416 valence electrons. The molecule has 2 aliphatic heterocycles. The lowest BCUT2D eigenvalue weighted by Gasteiger charge is -2.40. The first-order valence-electron chi connectivity index (χ1n) is 25.9. The predicted octanol–water partition coefficient (Wildman–Crippen LogP) is 6.94. The molecule has 1 aromatic heterocycles. The highest BCUT2D eigenvalue weighted by Crippen LogP contribution is 2.60. The Morgan fingerprint density at radius 3 is 2.21 bits per heavy atom. The van der Waals surface area contributed by atoms with E-state index in [0.29, 0.717) is 19.3 Å². The number of cyclic esters (lactones) is 1. The summed E-state index contributed by atoms with van der Waals surface area (Å²) in [5, 5.41) is 57.4. The molecule has 21 nitrogen and oxygen atoms in total. The number of unbranched alkanes of at least 4 members (excludes halogenated alkanes) is 11. The molecule has 1 aromatic rings. The van der Waals surface area contributed by atoms with E-state index in [9.17, 15) is 58.8 Å². The number of aliphatic hydroxyl groups excluding tert-OH is 5. The molecule has 0 radical (unpaired) electrons. The smallest absolute Gasteiger partial charge is 0.462 e. The van der Waals surface area contributed by atoms with Gasteiger partial charge in [0, 0.05) is 37.3 Å². The Hall–Kier alpha value is -3.40. The number of nitrogens with two attached hydrogens (primary N) is 1. The van der Waals surface area contributed by atoms with Crippen LogP contribution in [-0.4, -0.2) is 119 Å². The Morgan fingerprint density at radius 2 is 1.52 bits per heavy atom. The first-order valence-corrected chi connectivity index (χ1v) is 28.9. The zero-order chi connectivity index (χ0) is 53.7. The van der Waals surface area contributed by atoms with E-state index in [0.717, 1.165) is 55.9 Å². The normalized spacial score (nSPS) is 30.2. The molecule has 2 aliphatic rings. The number of aliphatic hydroxyl groups is 5. The summed E-state index contributed by atoms with van der Waals surface area (Å²) >= 11 is 0. The van der Waals surface area contributed by atoms with Gasteiger partial charge in [-0.3, -0.25) is 23.2 Å².